The molecule has 0 aliphatic rings. The Morgan fingerprint density at radius 1 is 1.13 bits per heavy atom. The van der Waals surface area contributed by atoms with Crippen LogP contribution in [-0.2, 0) is 10.0 Å². The van der Waals surface area contributed by atoms with E-state index < -0.39 is 10.0 Å². The Morgan fingerprint density at radius 3 is 2.53 bits per heavy atom. The number of halogens is 1. The van der Waals surface area contributed by atoms with Crippen molar-refractivity contribution in [2.24, 2.45) is 0 Å². The van der Waals surface area contributed by atoms with Crippen LogP contribution in [0.2, 0.25) is 5.02 Å². The van der Waals surface area contributed by atoms with Crippen molar-refractivity contribution in [2.45, 2.75) is 13.8 Å². The summed E-state index contributed by atoms with van der Waals surface area (Å²) in [5.41, 5.74) is 3.34. The normalized spacial score (nSPS) is 11.7. The van der Waals surface area contributed by atoms with Gasteiger partial charge in [0, 0.05) is 17.8 Å². The lowest BCUT2D eigenvalue weighted by Gasteiger charge is -2.14. The quantitative estimate of drug-likeness (QED) is 0.499. The number of pyridine rings is 1. The van der Waals surface area contributed by atoms with Gasteiger partial charge < -0.3 is 4.98 Å². The van der Waals surface area contributed by atoms with Crippen LogP contribution in [-0.4, -0.2) is 39.4 Å². The minimum atomic E-state index is -3.49. The molecule has 11 heteroatoms. The number of aromatic nitrogens is 5. The Hall–Kier alpha value is -3.24. The van der Waals surface area contributed by atoms with Crippen LogP contribution in [0, 0.1) is 13.8 Å². The summed E-state index contributed by atoms with van der Waals surface area (Å²) in [6, 6.07) is 8.15. The number of aryl methyl sites for hydroxylation is 2. The summed E-state index contributed by atoms with van der Waals surface area (Å²) in [4.78, 5) is 23.6. The maximum absolute atomic E-state index is 11.7. The van der Waals surface area contributed by atoms with Gasteiger partial charge in [-0.25, -0.2) is 23.1 Å². The topological polar surface area (TPSA) is 123 Å². The fourth-order valence-electron chi connectivity index (χ4n) is 3.04. The van der Waals surface area contributed by atoms with Crippen molar-refractivity contribution < 1.29 is 8.42 Å². The molecule has 3 heterocycles. The van der Waals surface area contributed by atoms with Crippen LogP contribution in [0.1, 0.15) is 11.3 Å². The molecule has 0 aliphatic heterocycles. The second-order valence-corrected chi connectivity index (χ2v) is 9.03. The minimum absolute atomic E-state index is 0.224. The third-order valence-electron chi connectivity index (χ3n) is 4.33. The Bertz CT molecular complexity index is 1440. The van der Waals surface area contributed by atoms with Gasteiger partial charge in [0.1, 0.15) is 11.2 Å². The summed E-state index contributed by atoms with van der Waals surface area (Å²) >= 11 is 6.39. The van der Waals surface area contributed by atoms with Crippen LogP contribution in [0.15, 0.2) is 41.3 Å². The van der Waals surface area contributed by atoms with E-state index in [-0.39, 0.29) is 10.6 Å². The largest absolute Gasteiger partial charge is 0.305 e. The van der Waals surface area contributed by atoms with E-state index >= 15 is 0 Å². The molecule has 30 heavy (non-hydrogen) atoms. The van der Waals surface area contributed by atoms with Gasteiger partial charge in [-0.3, -0.25) is 9.52 Å². The number of nitrogens with zero attached hydrogens (tertiary/aromatic N) is 4. The molecule has 1 aromatic carbocycles. The number of sulfonamides is 1. The van der Waals surface area contributed by atoms with Crippen LogP contribution in [0.3, 0.4) is 0 Å². The molecule has 0 saturated carbocycles. The molecule has 4 aromatic rings. The molecule has 154 valence electrons. The third-order valence-corrected chi connectivity index (χ3v) is 5.20. The molecule has 0 radical (unpaired) electrons. The van der Waals surface area contributed by atoms with Gasteiger partial charge in [-0.05, 0) is 43.7 Å². The molecule has 9 nitrogen and oxygen atoms in total. The molecule has 0 fully saturated rings. The molecule has 0 atom stereocenters. The van der Waals surface area contributed by atoms with E-state index in [0.29, 0.717) is 39.5 Å². The molecule has 0 saturated heterocycles. The van der Waals surface area contributed by atoms with E-state index in [1.807, 2.05) is 13.0 Å². The highest BCUT2D eigenvalue weighted by molar-refractivity contribution is 7.92. The Kier molecular flexibility index (Phi) is 4.83. The van der Waals surface area contributed by atoms with Gasteiger partial charge in [0.15, 0.2) is 11.5 Å². The van der Waals surface area contributed by atoms with E-state index in [9.17, 15) is 13.2 Å². The first-order chi connectivity index (χ1) is 14.1. The van der Waals surface area contributed by atoms with Crippen molar-refractivity contribution in [3.8, 4) is 17.1 Å². The first kappa shape index (κ1) is 20.0. The zero-order valence-electron chi connectivity index (χ0n) is 16.3. The summed E-state index contributed by atoms with van der Waals surface area (Å²) in [5.74, 6) is 0.400. The molecular weight excluding hydrogens is 428 g/mol. The van der Waals surface area contributed by atoms with Gasteiger partial charge in [-0.1, -0.05) is 11.6 Å². The highest BCUT2D eigenvalue weighted by atomic mass is 35.5. The zero-order valence-corrected chi connectivity index (χ0v) is 17.8. The predicted molar refractivity (Wildman–Crippen MR) is 116 cm³/mol. The summed E-state index contributed by atoms with van der Waals surface area (Å²) < 4.78 is 27.3. The van der Waals surface area contributed by atoms with E-state index in [0.717, 1.165) is 11.9 Å². The van der Waals surface area contributed by atoms with Gasteiger partial charge in [-0.2, -0.15) is 5.10 Å². The monoisotopic (exact) mass is 444 g/mol. The van der Waals surface area contributed by atoms with Crippen molar-refractivity contribution in [1.82, 2.24) is 24.7 Å². The first-order valence-corrected chi connectivity index (χ1v) is 11.1. The molecule has 2 N–H and O–H groups in total. The second kappa shape index (κ2) is 7.22. The Balaban J connectivity index is 1.98. The maximum Gasteiger partial charge on any atom is 0.249 e. The van der Waals surface area contributed by atoms with Gasteiger partial charge >= 0.3 is 0 Å². The summed E-state index contributed by atoms with van der Waals surface area (Å²) in [7, 11) is -3.49. The summed E-state index contributed by atoms with van der Waals surface area (Å²) in [5, 5.41) is 4.63. The SMILES string of the molecule is Cc1ccn(-c2nc3[nH]c(=O)ccc3nc2-c2cc(C)c(NS(C)(=O)=O)c(Cl)c2)n1. The van der Waals surface area contributed by atoms with Gasteiger partial charge in [0.25, 0.3) is 0 Å². The molecule has 0 spiro atoms. The van der Waals surface area contributed by atoms with Gasteiger partial charge in [0.2, 0.25) is 15.6 Å². The van der Waals surface area contributed by atoms with Crippen molar-refractivity contribution in [3.63, 3.8) is 0 Å². The average Bonchev–Trinajstić information content (AvgIpc) is 3.09. The zero-order chi connectivity index (χ0) is 21.6. The Labute approximate surface area is 176 Å². The Morgan fingerprint density at radius 2 is 1.90 bits per heavy atom. The number of hydrogen-bond acceptors (Lipinski definition) is 6. The number of fused-ring (bicyclic) bond motifs is 1. The maximum atomic E-state index is 11.7. The number of hydrogen-bond donors (Lipinski definition) is 2. The third kappa shape index (κ3) is 3.91. The number of H-pyrrole nitrogens is 1. The highest BCUT2D eigenvalue weighted by Crippen LogP contribution is 2.34. The van der Waals surface area contributed by atoms with E-state index in [1.165, 1.54) is 6.07 Å². The first-order valence-electron chi connectivity index (χ1n) is 8.83. The van der Waals surface area contributed by atoms with E-state index in [4.69, 9.17) is 11.6 Å². The van der Waals surface area contributed by atoms with Crippen LogP contribution in [0.4, 0.5) is 5.69 Å². The fourth-order valence-corrected chi connectivity index (χ4v) is 4.05. The van der Waals surface area contributed by atoms with Crippen LogP contribution in [0.5, 0.6) is 0 Å². The van der Waals surface area contributed by atoms with Crippen molar-refractivity contribution in [1.29, 1.82) is 0 Å². The number of aromatic amines is 1. The smallest absolute Gasteiger partial charge is 0.249 e. The van der Waals surface area contributed by atoms with Crippen LogP contribution < -0.4 is 10.3 Å². The van der Waals surface area contributed by atoms with Crippen LogP contribution >= 0.6 is 11.6 Å². The molecule has 4 rings (SSSR count). The van der Waals surface area contributed by atoms with Crippen LogP contribution in [0.25, 0.3) is 28.2 Å². The molecular formula is C19H17ClN6O3S. The van der Waals surface area contributed by atoms with Gasteiger partial charge in [-0.15, -0.1) is 0 Å². The lowest BCUT2D eigenvalue weighted by Crippen LogP contribution is -2.12. The molecule has 0 bridgehead atoms. The van der Waals surface area contributed by atoms with Crippen molar-refractivity contribution in [2.75, 3.05) is 11.0 Å². The minimum Gasteiger partial charge on any atom is -0.305 e. The molecule has 0 amide bonds. The number of benzene rings is 1. The molecule has 0 unspecified atom stereocenters. The second-order valence-electron chi connectivity index (χ2n) is 6.88. The van der Waals surface area contributed by atoms with E-state index in [2.05, 4.69) is 24.8 Å². The standard InChI is InChI=1S/C19H17ClN6O3S/c1-10-8-12(9-13(20)16(10)25-30(3,28)29)17-19(26-7-6-11(2)24-26)23-18-14(21-17)4-5-15(27)22-18/h4-9,25H,1-3H3,(H,22,23,27). The average molecular weight is 445 g/mol. The predicted octanol–water partition coefficient (Wildman–Crippen LogP) is 2.81. The highest BCUT2D eigenvalue weighted by Gasteiger charge is 2.18. The lowest BCUT2D eigenvalue weighted by molar-refractivity contribution is 0.607. The summed E-state index contributed by atoms with van der Waals surface area (Å²) in [6.45, 7) is 3.59. The van der Waals surface area contributed by atoms with Gasteiger partial charge in [0.05, 0.1) is 22.7 Å². The molecule has 3 aromatic heterocycles. The fraction of sp³-hybridized carbons (Fsp3) is 0.158. The number of rotatable bonds is 4. The van der Waals surface area contributed by atoms with Crippen molar-refractivity contribution in [3.05, 3.63) is 63.2 Å². The van der Waals surface area contributed by atoms with E-state index in [1.54, 1.807) is 36.0 Å². The number of anilines is 1. The molecule has 0 aliphatic carbocycles. The summed E-state index contributed by atoms with van der Waals surface area (Å²) in [6.07, 6.45) is 2.80. The lowest BCUT2D eigenvalue weighted by atomic mass is 10.1. The number of nitrogens with one attached hydrogen (secondary N) is 2. The van der Waals surface area contributed by atoms with Crippen molar-refractivity contribution >= 4 is 38.5 Å².